The van der Waals surface area contributed by atoms with Gasteiger partial charge in [0.1, 0.15) is 17.8 Å². The van der Waals surface area contributed by atoms with Gasteiger partial charge >= 0.3 is 12.3 Å². The second-order valence-electron chi connectivity index (χ2n) is 15.4. The van der Waals surface area contributed by atoms with Gasteiger partial charge in [0.2, 0.25) is 0 Å². The summed E-state index contributed by atoms with van der Waals surface area (Å²) < 4.78 is 51.4. The van der Waals surface area contributed by atoms with E-state index in [4.69, 9.17) is 4.74 Å². The fraction of sp³-hybridized carbons (Fsp3) is 0.543. The average molecular weight is 638 g/mol. The zero-order chi connectivity index (χ0) is 33.4. The van der Waals surface area contributed by atoms with Crippen LogP contribution < -0.4 is 4.90 Å². The lowest BCUT2D eigenvalue weighted by atomic mass is 9.51. The van der Waals surface area contributed by atoms with E-state index in [0.29, 0.717) is 5.69 Å². The van der Waals surface area contributed by atoms with Crippen LogP contribution in [0.1, 0.15) is 112 Å². The monoisotopic (exact) mass is 637 g/mol. The van der Waals surface area contributed by atoms with Crippen LogP contribution in [0.4, 0.5) is 23.7 Å². The largest absolute Gasteiger partial charge is 0.444 e. The van der Waals surface area contributed by atoms with Crippen LogP contribution in [-0.2, 0) is 36.5 Å². The zero-order valence-corrected chi connectivity index (χ0v) is 27.6. The lowest BCUT2D eigenvalue weighted by Crippen LogP contribution is -2.54. The van der Waals surface area contributed by atoms with Gasteiger partial charge in [-0.3, -0.25) is 9.69 Å². The molecule has 1 aromatic heterocycles. The number of benzene rings is 2. The molecular weight excluding hydrogens is 595 g/mol. The third-order valence-electron chi connectivity index (χ3n) is 9.85. The van der Waals surface area contributed by atoms with Crippen LogP contribution in [-0.4, -0.2) is 42.8 Å². The Balaban J connectivity index is 1.36. The van der Waals surface area contributed by atoms with Gasteiger partial charge < -0.3 is 14.2 Å². The highest BCUT2D eigenvalue weighted by molar-refractivity contribution is 6.10. The van der Waals surface area contributed by atoms with E-state index < -0.39 is 40.3 Å². The van der Waals surface area contributed by atoms with E-state index in [9.17, 15) is 22.8 Å². The van der Waals surface area contributed by atoms with Crippen LogP contribution in [0.2, 0.25) is 0 Å². The Kier molecular flexibility index (Phi) is 7.37. The first-order chi connectivity index (χ1) is 21.3. The van der Waals surface area contributed by atoms with Gasteiger partial charge in [-0.2, -0.15) is 13.2 Å². The summed E-state index contributed by atoms with van der Waals surface area (Å²) >= 11 is 0. The van der Waals surface area contributed by atoms with Crippen LogP contribution in [0.3, 0.4) is 0 Å². The molecule has 11 heteroatoms. The minimum atomic E-state index is -4.69. The Labute approximate surface area is 267 Å². The Bertz CT molecular complexity index is 1690. The zero-order valence-electron chi connectivity index (χ0n) is 27.6. The molecule has 0 saturated heterocycles. The lowest BCUT2D eigenvalue weighted by molar-refractivity contribution is -0.138. The van der Waals surface area contributed by atoms with Crippen LogP contribution in [0.5, 0.6) is 0 Å². The number of aromatic nitrogens is 3. The molecule has 2 aromatic carbocycles. The smallest absolute Gasteiger partial charge is 0.416 e. The molecule has 2 amide bonds. The van der Waals surface area contributed by atoms with Crippen molar-refractivity contribution in [2.75, 3.05) is 4.90 Å². The molecule has 46 heavy (non-hydrogen) atoms. The molecule has 2 fully saturated rings. The van der Waals surface area contributed by atoms with Crippen molar-refractivity contribution in [3.63, 3.8) is 0 Å². The van der Waals surface area contributed by atoms with Gasteiger partial charge in [0.25, 0.3) is 5.91 Å². The van der Waals surface area contributed by atoms with Crippen LogP contribution >= 0.6 is 0 Å². The first-order valence-corrected chi connectivity index (χ1v) is 15.8. The number of hydrogen-bond donors (Lipinski definition) is 0. The number of aryl methyl sites for hydroxylation is 1. The van der Waals surface area contributed by atoms with E-state index in [-0.39, 0.29) is 35.2 Å². The number of rotatable bonds is 6. The lowest BCUT2D eigenvalue weighted by Gasteiger charge is -2.53. The number of amides is 2. The van der Waals surface area contributed by atoms with Crippen molar-refractivity contribution in [3.8, 4) is 0 Å². The van der Waals surface area contributed by atoms with Crippen molar-refractivity contribution in [2.45, 2.75) is 109 Å². The highest BCUT2D eigenvalue weighted by atomic mass is 19.4. The summed E-state index contributed by atoms with van der Waals surface area (Å²) in [6, 6.07) is 10.1. The summed E-state index contributed by atoms with van der Waals surface area (Å²) in [5.41, 5.74) is -0.848. The Morgan fingerprint density at radius 2 is 1.76 bits per heavy atom. The van der Waals surface area contributed by atoms with Crippen molar-refractivity contribution in [1.29, 1.82) is 0 Å². The van der Waals surface area contributed by atoms with Crippen molar-refractivity contribution in [1.82, 2.24) is 19.7 Å². The summed E-state index contributed by atoms with van der Waals surface area (Å²) in [5.74, 6) is 0.318. The van der Waals surface area contributed by atoms with Crippen molar-refractivity contribution in [2.24, 2.45) is 12.5 Å². The quantitative estimate of drug-likeness (QED) is 0.276. The highest BCUT2D eigenvalue weighted by Gasteiger charge is 2.54. The first-order valence-electron chi connectivity index (χ1n) is 15.8. The molecule has 246 valence electrons. The van der Waals surface area contributed by atoms with E-state index in [0.717, 1.165) is 49.6 Å². The topological polar surface area (TPSA) is 80.6 Å². The second kappa shape index (κ2) is 10.6. The predicted octanol–water partition coefficient (Wildman–Crippen LogP) is 7.78. The maximum absolute atomic E-state index is 14.6. The molecule has 2 saturated carbocycles. The van der Waals surface area contributed by atoms with Crippen molar-refractivity contribution < 1.29 is 27.5 Å². The Morgan fingerprint density at radius 3 is 2.30 bits per heavy atom. The number of hydrogen-bond acceptors (Lipinski definition) is 5. The molecule has 0 spiro atoms. The first kappa shape index (κ1) is 32.1. The molecule has 0 bridgehead atoms. The van der Waals surface area contributed by atoms with Gasteiger partial charge in [-0.05, 0) is 106 Å². The highest BCUT2D eigenvalue weighted by Crippen LogP contribution is 2.58. The second-order valence-corrected chi connectivity index (χ2v) is 15.4. The van der Waals surface area contributed by atoms with Crippen LogP contribution in [0.25, 0.3) is 0 Å². The number of nitrogens with zero attached hydrogens (tertiary/aromatic N) is 5. The average Bonchev–Trinajstić information content (AvgIpc) is 3.50. The minimum Gasteiger partial charge on any atom is -0.444 e. The fourth-order valence-corrected chi connectivity index (χ4v) is 7.72. The third-order valence-corrected chi connectivity index (χ3v) is 9.85. The van der Waals surface area contributed by atoms with Crippen molar-refractivity contribution >= 4 is 17.7 Å². The molecule has 0 N–H and O–H groups in total. The number of anilines is 1. The molecule has 3 aliphatic rings. The summed E-state index contributed by atoms with van der Waals surface area (Å²) in [4.78, 5) is 30.2. The van der Waals surface area contributed by atoms with Gasteiger partial charge in [-0.15, -0.1) is 10.2 Å². The van der Waals surface area contributed by atoms with Crippen molar-refractivity contribution in [3.05, 3.63) is 76.4 Å². The maximum atomic E-state index is 14.6. The van der Waals surface area contributed by atoms with E-state index in [1.165, 1.54) is 15.9 Å². The molecule has 8 nitrogen and oxygen atoms in total. The standard InChI is InChI=1S/C35H42F3N5O3/c1-31(2,3)46-30(45)43(33(6)12-9-13-33)17-22-14-25-26(27(15-22)35(36,37)38)18-42(28(25)44)24-11-8-10-23(16-24)34(19-32(4,5)20-34)29-40-39-21-41(29)7/h8,10-11,14-16,21H,9,12-13,17-20H2,1-7H3. The maximum Gasteiger partial charge on any atom is 0.416 e. The molecule has 2 aliphatic carbocycles. The number of alkyl halides is 3. The van der Waals surface area contributed by atoms with Gasteiger partial charge in [-0.25, -0.2) is 4.79 Å². The van der Waals surface area contributed by atoms with Gasteiger partial charge in [0, 0.05) is 30.4 Å². The normalized spacial score (nSPS) is 19.7. The van der Waals surface area contributed by atoms with E-state index in [1.54, 1.807) is 33.2 Å². The van der Waals surface area contributed by atoms with Gasteiger partial charge in [0.05, 0.1) is 17.5 Å². The van der Waals surface area contributed by atoms with E-state index >= 15 is 0 Å². The molecular formula is C35H42F3N5O3. The Hall–Kier alpha value is -3.89. The molecule has 3 aromatic rings. The predicted molar refractivity (Wildman–Crippen MR) is 167 cm³/mol. The number of ether oxygens (including phenoxy) is 1. The minimum absolute atomic E-state index is 0.00548. The molecule has 6 rings (SSSR count). The molecule has 1 aliphatic heterocycles. The molecule has 0 unspecified atom stereocenters. The Morgan fingerprint density at radius 1 is 1.07 bits per heavy atom. The van der Waals surface area contributed by atoms with Gasteiger partial charge in [-0.1, -0.05) is 26.0 Å². The molecule has 0 radical (unpaired) electrons. The fourth-order valence-electron chi connectivity index (χ4n) is 7.72. The third kappa shape index (κ3) is 5.55. The summed E-state index contributed by atoms with van der Waals surface area (Å²) in [5, 5.41) is 8.53. The van der Waals surface area contributed by atoms with E-state index in [1.807, 2.05) is 36.7 Å². The number of fused-ring (bicyclic) bond motifs is 1. The van der Waals surface area contributed by atoms with Gasteiger partial charge in [0.15, 0.2) is 0 Å². The summed E-state index contributed by atoms with van der Waals surface area (Å²) in [6.07, 6.45) is 0.386. The summed E-state index contributed by atoms with van der Waals surface area (Å²) in [6.45, 7) is 11.3. The van der Waals surface area contributed by atoms with Crippen LogP contribution in [0, 0.1) is 5.41 Å². The molecule has 0 atom stereocenters. The number of carbonyl (C=O) groups excluding carboxylic acids is 2. The summed E-state index contributed by atoms with van der Waals surface area (Å²) in [7, 11) is 1.90. The van der Waals surface area contributed by atoms with E-state index in [2.05, 4.69) is 24.0 Å². The van der Waals surface area contributed by atoms with Crippen LogP contribution in [0.15, 0.2) is 42.7 Å². The SMILES string of the molecule is Cn1cnnc1C1(c2cccc(N3Cc4c(cc(CN(C(=O)OC(C)(C)C)C5(C)CCC5)cc4C(F)(F)F)C3=O)c2)CC(C)(C)C1. The molecule has 2 heterocycles. The number of halogens is 3. The number of carbonyl (C=O) groups is 2.